The first-order chi connectivity index (χ1) is 31.2. The van der Waals surface area contributed by atoms with Crippen molar-refractivity contribution in [1.82, 2.24) is 24.1 Å². The van der Waals surface area contributed by atoms with Crippen molar-refractivity contribution in [3.63, 3.8) is 0 Å². The fourth-order valence-corrected chi connectivity index (χ4v) is 9.42. The summed E-state index contributed by atoms with van der Waals surface area (Å²) < 4.78 is 10.6. The number of hydrogen-bond donors (Lipinski definition) is 0. The highest BCUT2D eigenvalue weighted by Gasteiger charge is 2.21. The van der Waals surface area contributed by atoms with Crippen LogP contribution < -0.4 is 0 Å². The van der Waals surface area contributed by atoms with E-state index in [1.54, 1.807) is 0 Å². The van der Waals surface area contributed by atoms with E-state index in [1.165, 1.54) is 0 Å². The lowest BCUT2D eigenvalue weighted by molar-refractivity contribution is 0.669. The van der Waals surface area contributed by atoms with Crippen molar-refractivity contribution in [2.75, 3.05) is 0 Å². The number of rotatable bonds is 6. The number of nitrogens with zero attached hydrogens (tertiary/aromatic N) is 5. The Kier molecular flexibility index (Phi) is 7.80. The van der Waals surface area contributed by atoms with Crippen LogP contribution in [0.25, 0.3) is 122 Å². The topological polar surface area (TPSA) is 61.7 Å². The molecule has 0 unspecified atom stereocenters. The number of fused-ring (bicyclic) bond motifs is 9. The molecule has 0 aliphatic heterocycles. The minimum atomic E-state index is 0.546. The summed E-state index contributed by atoms with van der Waals surface area (Å²) in [4.78, 5) is 16.1. The summed E-state index contributed by atoms with van der Waals surface area (Å²) in [6, 6.07) is 74.5. The third-order valence-electron chi connectivity index (χ3n) is 12.4. The first-order valence-electron chi connectivity index (χ1n) is 21.2. The van der Waals surface area contributed by atoms with Crippen LogP contribution in [0.5, 0.6) is 0 Å². The molecule has 0 saturated carbocycles. The van der Waals surface area contributed by atoms with E-state index in [4.69, 9.17) is 19.4 Å². The number of hydrogen-bond acceptors (Lipinski definition) is 4. The molecular formula is C57H35N5O. The smallest absolute Gasteiger partial charge is 0.240 e. The van der Waals surface area contributed by atoms with E-state index >= 15 is 0 Å². The molecule has 6 heteroatoms. The molecule has 0 fully saturated rings. The molecular weight excluding hydrogens is 771 g/mol. The minimum Gasteiger partial charge on any atom is -0.456 e. The molecule has 63 heavy (non-hydrogen) atoms. The maximum absolute atomic E-state index is 6.22. The van der Waals surface area contributed by atoms with Crippen LogP contribution in [0.3, 0.4) is 0 Å². The quantitative estimate of drug-likeness (QED) is 0.168. The number of para-hydroxylation sites is 4. The summed E-state index contributed by atoms with van der Waals surface area (Å²) in [5.74, 6) is 1.68. The van der Waals surface area contributed by atoms with E-state index in [0.29, 0.717) is 17.7 Å². The molecule has 0 atom stereocenters. The van der Waals surface area contributed by atoms with E-state index in [-0.39, 0.29) is 0 Å². The third kappa shape index (κ3) is 5.69. The van der Waals surface area contributed by atoms with Crippen LogP contribution in [-0.2, 0) is 0 Å². The first kappa shape index (κ1) is 35.2. The average molecular weight is 806 g/mol. The molecule has 0 spiro atoms. The van der Waals surface area contributed by atoms with E-state index in [0.717, 1.165) is 104 Å². The van der Waals surface area contributed by atoms with Gasteiger partial charge < -0.3 is 4.42 Å². The van der Waals surface area contributed by atoms with Gasteiger partial charge in [0.15, 0.2) is 5.82 Å². The second kappa shape index (κ2) is 14.0. The maximum Gasteiger partial charge on any atom is 0.240 e. The molecule has 0 aliphatic carbocycles. The van der Waals surface area contributed by atoms with Crippen LogP contribution in [0.4, 0.5) is 0 Å². The van der Waals surface area contributed by atoms with Crippen molar-refractivity contribution >= 4 is 65.6 Å². The monoisotopic (exact) mass is 805 g/mol. The molecule has 0 N–H and O–H groups in total. The lowest BCUT2D eigenvalue weighted by Crippen LogP contribution is -2.10. The SMILES string of the molecule is c1ccc(-c2ccc3c4ccccc4n(-c4nc(-c5cccc(-c6ccc(-c7ccc8c(c7)oc7ccccc78)cc6)c5)nc(-n5c6ccccc6c6ccccc65)n4)c3c2)cc1. The highest BCUT2D eigenvalue weighted by molar-refractivity contribution is 6.11. The Morgan fingerprint density at radius 3 is 1.35 bits per heavy atom. The number of furan rings is 1. The van der Waals surface area contributed by atoms with E-state index in [2.05, 4.69) is 209 Å². The zero-order chi connectivity index (χ0) is 41.4. The lowest BCUT2D eigenvalue weighted by atomic mass is 9.98. The molecule has 4 heterocycles. The molecule has 4 aromatic heterocycles. The zero-order valence-corrected chi connectivity index (χ0v) is 33.9. The zero-order valence-electron chi connectivity index (χ0n) is 33.9. The van der Waals surface area contributed by atoms with Crippen LogP contribution >= 0.6 is 0 Å². The third-order valence-corrected chi connectivity index (χ3v) is 12.4. The van der Waals surface area contributed by atoms with Gasteiger partial charge >= 0.3 is 0 Å². The summed E-state index contributed by atoms with van der Waals surface area (Å²) in [6.45, 7) is 0. The summed E-state index contributed by atoms with van der Waals surface area (Å²) >= 11 is 0. The highest BCUT2D eigenvalue weighted by Crippen LogP contribution is 2.38. The molecule has 9 aromatic carbocycles. The molecule has 0 bridgehead atoms. The Hall–Kier alpha value is -8.61. The Labute approximate surface area is 361 Å². The van der Waals surface area contributed by atoms with Crippen LogP contribution in [0.2, 0.25) is 0 Å². The van der Waals surface area contributed by atoms with Crippen LogP contribution in [-0.4, -0.2) is 24.1 Å². The van der Waals surface area contributed by atoms with Crippen molar-refractivity contribution in [2.45, 2.75) is 0 Å². The van der Waals surface area contributed by atoms with Gasteiger partial charge in [0.1, 0.15) is 11.2 Å². The average Bonchev–Trinajstić information content (AvgIpc) is 4.01. The summed E-state index contributed by atoms with van der Waals surface area (Å²) in [7, 11) is 0. The maximum atomic E-state index is 6.22. The molecule has 13 aromatic rings. The van der Waals surface area contributed by atoms with Gasteiger partial charge in [-0.2, -0.15) is 15.0 Å². The van der Waals surface area contributed by atoms with Crippen molar-refractivity contribution in [3.8, 4) is 56.7 Å². The number of benzene rings is 9. The first-order valence-corrected chi connectivity index (χ1v) is 21.2. The lowest BCUT2D eigenvalue weighted by Gasteiger charge is -2.13. The van der Waals surface area contributed by atoms with Gasteiger partial charge in [0.25, 0.3) is 0 Å². The van der Waals surface area contributed by atoms with Crippen LogP contribution in [0.15, 0.2) is 217 Å². The molecule has 0 saturated heterocycles. The van der Waals surface area contributed by atoms with Gasteiger partial charge in [-0.05, 0) is 81.9 Å². The molecule has 0 amide bonds. The Morgan fingerprint density at radius 1 is 0.270 bits per heavy atom. The van der Waals surface area contributed by atoms with Crippen LogP contribution in [0.1, 0.15) is 0 Å². The molecule has 6 nitrogen and oxygen atoms in total. The summed E-state index contributed by atoms with van der Waals surface area (Å²) in [6.07, 6.45) is 0. The van der Waals surface area contributed by atoms with Gasteiger partial charge in [0.05, 0.1) is 22.1 Å². The predicted octanol–water partition coefficient (Wildman–Crippen LogP) is 14.6. The van der Waals surface area contributed by atoms with Crippen molar-refractivity contribution in [1.29, 1.82) is 0 Å². The van der Waals surface area contributed by atoms with Gasteiger partial charge in [0.2, 0.25) is 11.9 Å². The second-order valence-corrected chi connectivity index (χ2v) is 16.0. The van der Waals surface area contributed by atoms with Crippen LogP contribution in [0, 0.1) is 0 Å². The largest absolute Gasteiger partial charge is 0.456 e. The van der Waals surface area contributed by atoms with E-state index in [1.807, 2.05) is 12.1 Å². The summed E-state index contributed by atoms with van der Waals surface area (Å²) in [5, 5.41) is 6.81. The highest BCUT2D eigenvalue weighted by atomic mass is 16.3. The molecule has 13 rings (SSSR count). The Bertz CT molecular complexity index is 3860. The van der Waals surface area contributed by atoms with Gasteiger partial charge in [-0.25, -0.2) is 0 Å². The molecule has 0 aliphatic rings. The van der Waals surface area contributed by atoms with Gasteiger partial charge in [-0.3, -0.25) is 9.13 Å². The molecule has 294 valence electrons. The van der Waals surface area contributed by atoms with Crippen molar-refractivity contribution < 1.29 is 4.42 Å². The second-order valence-electron chi connectivity index (χ2n) is 16.0. The number of aromatic nitrogens is 5. The fraction of sp³-hybridized carbons (Fsp3) is 0. The van der Waals surface area contributed by atoms with E-state index < -0.39 is 0 Å². The van der Waals surface area contributed by atoms with E-state index in [9.17, 15) is 0 Å². The fourth-order valence-electron chi connectivity index (χ4n) is 9.42. The molecule has 0 radical (unpaired) electrons. The minimum absolute atomic E-state index is 0.546. The summed E-state index contributed by atoms with van der Waals surface area (Å²) in [5.41, 5.74) is 13.5. The predicted molar refractivity (Wildman–Crippen MR) is 258 cm³/mol. The Balaban J connectivity index is 0.981. The Morgan fingerprint density at radius 2 is 0.698 bits per heavy atom. The standard InChI is InChI=1S/C57H35N5O/c1-2-13-36(14-3-1)40-29-31-46-45-19-6-10-23-51(45)62(52(46)34-40)57-59-55(58-56(60-57)61-49-21-8-4-17-43(49)44-18-5-9-22-50(44)61)42-16-12-15-39(33-42)37-25-27-38(28-26-37)41-30-32-48-47-20-7-11-24-53(47)63-54(48)35-41/h1-35H. The normalized spacial score (nSPS) is 11.8. The van der Waals surface area contributed by atoms with Crippen molar-refractivity contribution in [2.24, 2.45) is 0 Å². The van der Waals surface area contributed by atoms with Gasteiger partial charge in [0, 0.05) is 37.9 Å². The van der Waals surface area contributed by atoms with Gasteiger partial charge in [-0.15, -0.1) is 0 Å². The van der Waals surface area contributed by atoms with Gasteiger partial charge in [-0.1, -0.05) is 164 Å². The van der Waals surface area contributed by atoms with Crippen molar-refractivity contribution in [3.05, 3.63) is 212 Å².